The van der Waals surface area contributed by atoms with Crippen molar-refractivity contribution >= 4 is 21.8 Å². The van der Waals surface area contributed by atoms with E-state index in [1.807, 2.05) is 38.1 Å². The molecule has 0 aliphatic rings. The van der Waals surface area contributed by atoms with Crippen LogP contribution in [0.4, 0.5) is 0 Å². The molecule has 0 saturated heterocycles. The summed E-state index contributed by atoms with van der Waals surface area (Å²) in [5.74, 6) is 1.41. The second-order valence-corrected chi connectivity index (χ2v) is 7.22. The summed E-state index contributed by atoms with van der Waals surface area (Å²) in [6.07, 6.45) is 0. The van der Waals surface area contributed by atoms with Gasteiger partial charge in [0.15, 0.2) is 0 Å². The maximum Gasteiger partial charge on any atom is 0.253 e. The van der Waals surface area contributed by atoms with Crippen LogP contribution >= 0.6 is 15.9 Å². The lowest BCUT2D eigenvalue weighted by Gasteiger charge is -2.18. The molecular weight excluding hydrogens is 408 g/mol. The van der Waals surface area contributed by atoms with Gasteiger partial charge in [-0.3, -0.25) is 4.79 Å². The maximum absolute atomic E-state index is 12.7. The van der Waals surface area contributed by atoms with Crippen LogP contribution in [0.25, 0.3) is 0 Å². The van der Waals surface area contributed by atoms with Crippen LogP contribution in [-0.2, 0) is 13.2 Å². The number of rotatable bonds is 6. The van der Waals surface area contributed by atoms with Crippen molar-refractivity contribution in [2.75, 3.05) is 7.05 Å². The molecule has 0 aliphatic carbocycles. The predicted octanol–water partition coefficient (Wildman–Crippen LogP) is 4.91. The molecule has 0 N–H and O–H groups in total. The molecule has 2 aromatic carbocycles. The largest absolute Gasteiger partial charge is 0.489 e. The van der Waals surface area contributed by atoms with Gasteiger partial charge in [0.25, 0.3) is 5.91 Å². The Kier molecular flexibility index (Phi) is 5.96. The van der Waals surface area contributed by atoms with Gasteiger partial charge in [0, 0.05) is 23.6 Å². The Hall–Kier alpha value is -2.60. The van der Waals surface area contributed by atoms with E-state index in [1.165, 1.54) is 0 Å². The quantitative estimate of drug-likeness (QED) is 0.559. The van der Waals surface area contributed by atoms with Gasteiger partial charge in [0.2, 0.25) is 0 Å². The van der Waals surface area contributed by atoms with Crippen LogP contribution in [-0.4, -0.2) is 23.0 Å². The van der Waals surface area contributed by atoms with Crippen molar-refractivity contribution in [3.05, 3.63) is 81.1 Å². The molecule has 6 heteroatoms. The first-order chi connectivity index (χ1) is 13.0. The Balaban J connectivity index is 1.62. The number of ether oxygens (including phenoxy) is 1. The molecule has 1 heterocycles. The molecule has 140 valence electrons. The molecule has 0 saturated carbocycles. The predicted molar refractivity (Wildman–Crippen MR) is 107 cm³/mol. The molecule has 0 radical (unpaired) electrons. The third kappa shape index (κ3) is 4.57. The highest BCUT2D eigenvalue weighted by Gasteiger charge is 2.14. The van der Waals surface area contributed by atoms with Gasteiger partial charge in [-0.15, -0.1) is 0 Å². The van der Waals surface area contributed by atoms with Crippen LogP contribution in [0.2, 0.25) is 0 Å². The van der Waals surface area contributed by atoms with E-state index in [2.05, 4.69) is 21.1 Å². The van der Waals surface area contributed by atoms with Crippen LogP contribution in [0.3, 0.4) is 0 Å². The molecule has 3 rings (SSSR count). The van der Waals surface area contributed by atoms with E-state index in [9.17, 15) is 4.79 Å². The third-order valence-electron chi connectivity index (χ3n) is 4.38. The molecule has 1 amide bonds. The third-order valence-corrected chi connectivity index (χ3v) is 5.15. The summed E-state index contributed by atoms with van der Waals surface area (Å²) in [5, 5.41) is 3.92. The zero-order valence-electron chi connectivity index (χ0n) is 15.5. The van der Waals surface area contributed by atoms with Crippen molar-refractivity contribution in [3.63, 3.8) is 0 Å². The van der Waals surface area contributed by atoms with E-state index < -0.39 is 0 Å². The molecule has 0 unspecified atom stereocenters. The molecule has 0 fully saturated rings. The van der Waals surface area contributed by atoms with Gasteiger partial charge in [-0.25, -0.2) is 0 Å². The fourth-order valence-electron chi connectivity index (χ4n) is 2.73. The van der Waals surface area contributed by atoms with Crippen molar-refractivity contribution in [3.8, 4) is 5.75 Å². The maximum atomic E-state index is 12.7. The minimum Gasteiger partial charge on any atom is -0.489 e. The average molecular weight is 429 g/mol. The lowest BCUT2D eigenvalue weighted by atomic mass is 10.1. The van der Waals surface area contributed by atoms with Crippen LogP contribution in [0.1, 0.15) is 32.9 Å². The normalized spacial score (nSPS) is 10.7. The number of carbonyl (C=O) groups is 1. The van der Waals surface area contributed by atoms with E-state index >= 15 is 0 Å². The van der Waals surface area contributed by atoms with E-state index in [1.54, 1.807) is 36.2 Å². The van der Waals surface area contributed by atoms with Gasteiger partial charge in [-0.1, -0.05) is 39.3 Å². The first-order valence-corrected chi connectivity index (χ1v) is 9.38. The fourth-order valence-corrected chi connectivity index (χ4v) is 3.14. The van der Waals surface area contributed by atoms with Crippen molar-refractivity contribution in [1.82, 2.24) is 10.1 Å². The highest BCUT2D eigenvalue weighted by atomic mass is 79.9. The molecule has 0 atom stereocenters. The average Bonchev–Trinajstić information content (AvgIpc) is 2.99. The number of aromatic nitrogens is 1. The summed E-state index contributed by atoms with van der Waals surface area (Å²) in [6, 6.07) is 15.1. The van der Waals surface area contributed by atoms with Crippen molar-refractivity contribution in [2.24, 2.45) is 0 Å². The van der Waals surface area contributed by atoms with Gasteiger partial charge in [-0.05, 0) is 49.7 Å². The Labute approximate surface area is 167 Å². The number of nitrogens with zero attached hydrogens (tertiary/aromatic N) is 2. The Morgan fingerprint density at radius 2 is 1.85 bits per heavy atom. The summed E-state index contributed by atoms with van der Waals surface area (Å²) in [5.41, 5.74) is 3.46. The second-order valence-electron chi connectivity index (χ2n) is 6.37. The number of carbonyl (C=O) groups excluding carboxylic acids is 1. The minimum absolute atomic E-state index is 0.0389. The molecule has 5 nitrogen and oxygen atoms in total. The van der Waals surface area contributed by atoms with Crippen LogP contribution in [0.15, 0.2) is 57.5 Å². The molecule has 27 heavy (non-hydrogen) atoms. The van der Waals surface area contributed by atoms with Crippen LogP contribution in [0, 0.1) is 13.8 Å². The zero-order chi connectivity index (χ0) is 19.4. The summed E-state index contributed by atoms with van der Waals surface area (Å²) in [7, 11) is 1.80. The summed E-state index contributed by atoms with van der Waals surface area (Å²) < 4.78 is 11.9. The molecule has 3 aromatic rings. The molecule has 1 aromatic heterocycles. The summed E-state index contributed by atoms with van der Waals surface area (Å²) in [6.45, 7) is 4.67. The standard InChI is InChI=1S/C21H21BrN2O3/c1-14-19(15(2)27-23-14)13-26-18-10-8-16(9-11-18)21(25)24(3)12-17-6-4-5-7-20(17)22/h4-11H,12-13H2,1-3H3. The first-order valence-electron chi connectivity index (χ1n) is 8.59. The lowest BCUT2D eigenvalue weighted by Crippen LogP contribution is -2.26. The minimum atomic E-state index is -0.0389. The highest BCUT2D eigenvalue weighted by Crippen LogP contribution is 2.20. The fraction of sp³-hybridized carbons (Fsp3) is 0.238. The van der Waals surface area contributed by atoms with E-state index in [0.29, 0.717) is 24.5 Å². The SMILES string of the molecule is Cc1noc(C)c1COc1ccc(C(=O)N(C)Cc2ccccc2Br)cc1. The summed E-state index contributed by atoms with van der Waals surface area (Å²) >= 11 is 3.52. The summed E-state index contributed by atoms with van der Waals surface area (Å²) in [4.78, 5) is 14.3. The number of amides is 1. The van der Waals surface area contributed by atoms with Gasteiger partial charge >= 0.3 is 0 Å². The van der Waals surface area contributed by atoms with E-state index in [4.69, 9.17) is 9.26 Å². The zero-order valence-corrected chi connectivity index (χ0v) is 17.1. The molecular formula is C21H21BrN2O3. The molecule has 0 aliphatic heterocycles. The monoisotopic (exact) mass is 428 g/mol. The van der Waals surface area contributed by atoms with Gasteiger partial charge < -0.3 is 14.2 Å². The second kappa shape index (κ2) is 8.39. The smallest absolute Gasteiger partial charge is 0.253 e. The highest BCUT2D eigenvalue weighted by molar-refractivity contribution is 9.10. The van der Waals surface area contributed by atoms with Gasteiger partial charge in [0.1, 0.15) is 18.1 Å². The number of hydrogen-bond acceptors (Lipinski definition) is 4. The first kappa shape index (κ1) is 19.2. The van der Waals surface area contributed by atoms with Gasteiger partial charge in [-0.2, -0.15) is 0 Å². The Bertz CT molecular complexity index is 915. The Morgan fingerprint density at radius 1 is 1.15 bits per heavy atom. The Morgan fingerprint density at radius 3 is 2.48 bits per heavy atom. The number of aryl methyl sites for hydroxylation is 2. The topological polar surface area (TPSA) is 55.6 Å². The van der Waals surface area contributed by atoms with Crippen LogP contribution in [0.5, 0.6) is 5.75 Å². The van der Waals surface area contributed by atoms with E-state index in [-0.39, 0.29) is 5.91 Å². The molecule has 0 spiro atoms. The van der Waals surface area contributed by atoms with Crippen molar-refractivity contribution < 1.29 is 14.1 Å². The number of halogens is 1. The lowest BCUT2D eigenvalue weighted by molar-refractivity contribution is 0.0785. The van der Waals surface area contributed by atoms with Gasteiger partial charge in [0.05, 0.1) is 11.3 Å². The number of benzene rings is 2. The van der Waals surface area contributed by atoms with E-state index in [0.717, 1.165) is 27.1 Å². The number of hydrogen-bond donors (Lipinski definition) is 0. The van der Waals surface area contributed by atoms with Crippen molar-refractivity contribution in [2.45, 2.75) is 27.0 Å². The van der Waals surface area contributed by atoms with Crippen LogP contribution < -0.4 is 4.74 Å². The van der Waals surface area contributed by atoms with Crippen molar-refractivity contribution in [1.29, 1.82) is 0 Å². The molecule has 0 bridgehead atoms.